The average molecular weight is 765 g/mol. The quantitative estimate of drug-likeness (QED) is 0.251. The molecule has 4 aliphatic rings. The van der Waals surface area contributed by atoms with E-state index in [1.807, 2.05) is 55.6 Å². The first kappa shape index (κ1) is 37.1. The van der Waals surface area contributed by atoms with Gasteiger partial charge in [0.2, 0.25) is 21.8 Å². The van der Waals surface area contributed by atoms with Gasteiger partial charge in [0.25, 0.3) is 5.91 Å². The molecule has 0 bridgehead atoms. The minimum Gasteiger partial charge on any atom is -0.497 e. The molecule has 13 nitrogen and oxygen atoms in total. The number of carbonyl (C=O) groups excluding carboxylic acids is 3. The Balaban J connectivity index is 1.19. The number of benzene rings is 1. The maximum atomic E-state index is 14.3. The van der Waals surface area contributed by atoms with E-state index in [2.05, 4.69) is 15.4 Å². The molecule has 1 aromatic carbocycles. The maximum Gasteiger partial charge on any atom is 0.259 e. The monoisotopic (exact) mass is 764 g/mol. The van der Waals surface area contributed by atoms with Gasteiger partial charge in [0.05, 0.1) is 29.7 Å². The topological polar surface area (TPSA) is 169 Å². The molecule has 3 aliphatic carbocycles. The molecule has 2 aromatic heterocycles. The lowest BCUT2D eigenvalue weighted by molar-refractivity contribution is -0.140. The van der Waals surface area contributed by atoms with Crippen molar-refractivity contribution < 1.29 is 32.3 Å². The van der Waals surface area contributed by atoms with Crippen LogP contribution in [-0.4, -0.2) is 84.6 Å². The van der Waals surface area contributed by atoms with E-state index in [9.17, 15) is 22.8 Å². The lowest BCUT2D eigenvalue weighted by Crippen LogP contribution is -2.54. The van der Waals surface area contributed by atoms with Crippen LogP contribution in [0, 0.1) is 17.8 Å². The molecule has 5 atom stereocenters. The second kappa shape index (κ2) is 14.9. The van der Waals surface area contributed by atoms with Crippen LogP contribution in [0.2, 0.25) is 0 Å². The molecule has 3 N–H and O–H groups in total. The number of sulfonamides is 1. The van der Waals surface area contributed by atoms with Crippen LogP contribution in [0.3, 0.4) is 0 Å². The van der Waals surface area contributed by atoms with Gasteiger partial charge in [0.15, 0.2) is 0 Å². The number of hydrogen-bond acceptors (Lipinski definition) is 11. The minimum atomic E-state index is -3.83. The molecule has 53 heavy (non-hydrogen) atoms. The van der Waals surface area contributed by atoms with Crippen molar-refractivity contribution >= 4 is 55.8 Å². The third-order valence-corrected chi connectivity index (χ3v) is 13.4. The Labute approximate surface area is 314 Å². The number of hydrogen-bond donors (Lipinski definition) is 3. The number of ether oxygens (including phenoxy) is 2. The van der Waals surface area contributed by atoms with E-state index < -0.39 is 50.6 Å². The molecule has 3 amide bonds. The van der Waals surface area contributed by atoms with E-state index in [0.29, 0.717) is 47.1 Å². The zero-order chi connectivity index (χ0) is 37.5. The lowest BCUT2D eigenvalue weighted by Gasteiger charge is -2.26. The van der Waals surface area contributed by atoms with Gasteiger partial charge in [-0.1, -0.05) is 18.6 Å². The summed E-state index contributed by atoms with van der Waals surface area (Å²) in [5.41, 5.74) is -0.139. The first-order valence-corrected chi connectivity index (χ1v) is 21.0. The maximum absolute atomic E-state index is 14.3. The first-order chi connectivity index (χ1) is 25.4. The van der Waals surface area contributed by atoms with Gasteiger partial charge in [-0.3, -0.25) is 19.1 Å². The van der Waals surface area contributed by atoms with Crippen molar-refractivity contribution in [2.24, 2.45) is 17.8 Å². The van der Waals surface area contributed by atoms with Crippen LogP contribution in [0.15, 0.2) is 41.8 Å². The standard InChI is InChI=1S/C38H48N6O7S2/c1-22(2)39-33-21-52-35(41-33)31-19-32(27-14-11-24(50-4)18-30(27)40-31)51-25-16-28-29(17-25)36(46)44(3)15-9-7-5-6-8-10-23-20-38(23,42-34(28)45)37(47)43-53(48,49)26-12-13-26/h8,10-11,14,18-19,21-23,25-26,28-29,39H,5-7,9,12-13,15-17,20H2,1-4H3,(H,42,45)(H,43,47)/b10-8-/t23-,25+,28+,29?,38-/m0/s1. The van der Waals surface area contributed by atoms with Gasteiger partial charge < -0.3 is 25.0 Å². The van der Waals surface area contributed by atoms with Crippen LogP contribution < -0.4 is 24.8 Å². The van der Waals surface area contributed by atoms with Crippen LogP contribution >= 0.6 is 11.3 Å². The number of aromatic nitrogens is 2. The lowest BCUT2D eigenvalue weighted by atomic mass is 9.93. The van der Waals surface area contributed by atoms with E-state index in [1.165, 1.54) is 11.3 Å². The van der Waals surface area contributed by atoms with Crippen molar-refractivity contribution in [3.8, 4) is 22.2 Å². The molecule has 0 spiro atoms. The molecule has 284 valence electrons. The van der Waals surface area contributed by atoms with Crippen molar-refractivity contribution in [1.82, 2.24) is 24.9 Å². The highest BCUT2D eigenvalue weighted by molar-refractivity contribution is 7.91. The largest absolute Gasteiger partial charge is 0.497 e. The normalized spacial score (nSPS) is 27.2. The molecule has 1 aliphatic heterocycles. The average Bonchev–Trinajstić information content (AvgIpc) is 4.01. The number of anilines is 1. The number of nitrogens with one attached hydrogen (secondary N) is 3. The smallest absolute Gasteiger partial charge is 0.259 e. The highest BCUT2D eigenvalue weighted by Gasteiger charge is 2.62. The molecule has 1 unspecified atom stereocenters. The van der Waals surface area contributed by atoms with Gasteiger partial charge in [-0.05, 0) is 77.3 Å². The Bertz CT molecular complexity index is 2030. The van der Waals surface area contributed by atoms with Crippen LogP contribution in [0.25, 0.3) is 21.6 Å². The molecule has 3 aromatic rings. The number of carbonyl (C=O) groups is 3. The number of nitrogens with zero attached hydrogens (tertiary/aromatic N) is 3. The SMILES string of the molecule is COc1ccc2c(O[C@H]3CC4C(=O)N(C)CCCCC/C=C\[C@H]5C[C@]5(C(=O)NS(=O)(=O)C5CC5)NC(=O)[C@@H]4C3)cc(-c3nc(NC(C)C)cs3)nc2c1. The van der Waals surface area contributed by atoms with Crippen LogP contribution in [0.1, 0.15) is 71.6 Å². The van der Waals surface area contributed by atoms with Gasteiger partial charge in [0, 0.05) is 48.5 Å². The fourth-order valence-corrected chi connectivity index (χ4v) is 9.60. The second-order valence-electron chi connectivity index (χ2n) is 15.1. The Morgan fingerprint density at radius 2 is 1.89 bits per heavy atom. The van der Waals surface area contributed by atoms with E-state index >= 15 is 0 Å². The zero-order valence-electron chi connectivity index (χ0n) is 30.6. The molecule has 7 rings (SSSR count). The Morgan fingerprint density at radius 1 is 1.09 bits per heavy atom. The number of amides is 3. The molecule has 3 fully saturated rings. The Hall–Kier alpha value is -4.24. The van der Waals surface area contributed by atoms with Crippen LogP contribution in [-0.2, 0) is 24.4 Å². The summed E-state index contributed by atoms with van der Waals surface area (Å²) in [5.74, 6) is -1.24. The van der Waals surface area contributed by atoms with E-state index in [-0.39, 0.29) is 37.1 Å². The number of pyridine rings is 1. The number of methoxy groups -OCH3 is 1. The molecule has 0 saturated heterocycles. The van der Waals surface area contributed by atoms with Crippen molar-refractivity contribution in [3.05, 3.63) is 41.8 Å². The first-order valence-electron chi connectivity index (χ1n) is 18.5. The highest BCUT2D eigenvalue weighted by Crippen LogP contribution is 2.47. The van der Waals surface area contributed by atoms with Crippen LogP contribution in [0.4, 0.5) is 5.82 Å². The van der Waals surface area contributed by atoms with E-state index in [0.717, 1.165) is 36.9 Å². The Morgan fingerprint density at radius 3 is 2.64 bits per heavy atom. The van der Waals surface area contributed by atoms with Crippen molar-refractivity contribution in [1.29, 1.82) is 0 Å². The summed E-state index contributed by atoms with van der Waals surface area (Å²) in [6, 6.07) is 7.61. The van der Waals surface area contributed by atoms with E-state index in [4.69, 9.17) is 19.4 Å². The summed E-state index contributed by atoms with van der Waals surface area (Å²) >= 11 is 1.46. The summed E-state index contributed by atoms with van der Waals surface area (Å²) in [5, 5.41) is 9.10. The van der Waals surface area contributed by atoms with Crippen LogP contribution in [0.5, 0.6) is 11.5 Å². The molecule has 0 radical (unpaired) electrons. The number of rotatable bonds is 9. The van der Waals surface area contributed by atoms with Crippen molar-refractivity contribution in [3.63, 3.8) is 0 Å². The molecule has 15 heteroatoms. The number of thiazole rings is 1. The summed E-state index contributed by atoms with van der Waals surface area (Å²) in [4.78, 5) is 53.4. The molecule has 3 saturated carbocycles. The molecule has 3 heterocycles. The molecular weight excluding hydrogens is 717 g/mol. The third kappa shape index (κ3) is 8.01. The number of fused-ring (bicyclic) bond motifs is 3. The Kier molecular flexibility index (Phi) is 10.4. The van der Waals surface area contributed by atoms with Crippen molar-refractivity contribution in [2.45, 2.75) is 94.6 Å². The van der Waals surface area contributed by atoms with Gasteiger partial charge in [-0.15, -0.1) is 11.3 Å². The van der Waals surface area contributed by atoms with Gasteiger partial charge >= 0.3 is 0 Å². The predicted octanol–water partition coefficient (Wildman–Crippen LogP) is 5.03. The predicted molar refractivity (Wildman–Crippen MR) is 203 cm³/mol. The zero-order valence-corrected chi connectivity index (χ0v) is 32.2. The summed E-state index contributed by atoms with van der Waals surface area (Å²) in [6.07, 6.45) is 8.68. The van der Waals surface area contributed by atoms with Gasteiger partial charge in [0.1, 0.15) is 39.7 Å². The third-order valence-electron chi connectivity index (χ3n) is 10.7. The number of allylic oxidation sites excluding steroid dienone is 1. The van der Waals surface area contributed by atoms with E-state index in [1.54, 1.807) is 19.1 Å². The summed E-state index contributed by atoms with van der Waals surface area (Å²) in [6.45, 7) is 4.65. The second-order valence-corrected chi connectivity index (χ2v) is 18.0. The van der Waals surface area contributed by atoms with Gasteiger partial charge in [-0.2, -0.15) is 0 Å². The minimum absolute atomic E-state index is 0.149. The van der Waals surface area contributed by atoms with Crippen molar-refractivity contribution in [2.75, 3.05) is 26.0 Å². The summed E-state index contributed by atoms with van der Waals surface area (Å²) < 4.78 is 40.1. The molecular formula is C38H48N6O7S2. The highest BCUT2D eigenvalue weighted by atomic mass is 32.2. The fourth-order valence-electron chi connectivity index (χ4n) is 7.51. The summed E-state index contributed by atoms with van der Waals surface area (Å²) in [7, 11) is -0.471. The van der Waals surface area contributed by atoms with Gasteiger partial charge in [-0.25, -0.2) is 18.4 Å². The fraction of sp³-hybridized carbons (Fsp3) is 0.553.